The number of β-amino-alcohol motifs (C(OH)–C–C–N with tert-alkyl or cyclic N) is 1. The first-order valence-electron chi connectivity index (χ1n) is 5.08. The van der Waals surface area contributed by atoms with Gasteiger partial charge in [0.2, 0.25) is 0 Å². The van der Waals surface area contributed by atoms with Gasteiger partial charge in [-0.1, -0.05) is 0 Å². The normalized spacial score (nSPS) is 26.0. The molecule has 1 saturated heterocycles. The van der Waals surface area contributed by atoms with Gasteiger partial charge >= 0.3 is 0 Å². The minimum Gasteiger partial charge on any atom is -0.391 e. The molecular weight excluding hydrogens is 276 g/mol. The standard InChI is InChI=1S/C10H15BrN2OS/c11-8-1-9(15-6-8)4-12-2-7-3-13-5-10(7)14/h1,6-7,10,12-14H,2-5H2. The Bertz CT molecular complexity index is 318. The number of thiophene rings is 1. The number of hydrogen-bond acceptors (Lipinski definition) is 4. The van der Waals surface area contributed by atoms with E-state index in [2.05, 4.69) is 38.0 Å². The van der Waals surface area contributed by atoms with Crippen molar-refractivity contribution < 1.29 is 5.11 Å². The summed E-state index contributed by atoms with van der Waals surface area (Å²) in [6, 6.07) is 2.13. The third-order valence-electron chi connectivity index (χ3n) is 2.63. The average molecular weight is 291 g/mol. The van der Waals surface area contributed by atoms with E-state index in [4.69, 9.17) is 0 Å². The van der Waals surface area contributed by atoms with E-state index in [9.17, 15) is 5.11 Å². The molecular formula is C10H15BrN2OS. The Labute approximate surface area is 102 Å². The molecule has 84 valence electrons. The molecule has 1 aliphatic heterocycles. The molecule has 2 unspecified atom stereocenters. The van der Waals surface area contributed by atoms with Gasteiger partial charge in [-0.15, -0.1) is 11.3 Å². The zero-order valence-electron chi connectivity index (χ0n) is 8.37. The molecule has 0 bridgehead atoms. The lowest BCUT2D eigenvalue weighted by Crippen LogP contribution is -2.29. The zero-order valence-corrected chi connectivity index (χ0v) is 10.8. The minimum atomic E-state index is -0.187. The molecule has 1 fully saturated rings. The monoisotopic (exact) mass is 290 g/mol. The van der Waals surface area contributed by atoms with Gasteiger partial charge in [-0.3, -0.25) is 0 Å². The minimum absolute atomic E-state index is 0.187. The molecule has 0 aliphatic carbocycles. The zero-order chi connectivity index (χ0) is 10.7. The number of aliphatic hydroxyl groups excluding tert-OH is 1. The first-order chi connectivity index (χ1) is 7.25. The second kappa shape index (κ2) is 5.41. The van der Waals surface area contributed by atoms with Crippen LogP contribution in [-0.2, 0) is 6.54 Å². The summed E-state index contributed by atoms with van der Waals surface area (Å²) in [5.41, 5.74) is 0. The summed E-state index contributed by atoms with van der Waals surface area (Å²) in [5, 5.41) is 18.2. The third-order valence-corrected chi connectivity index (χ3v) is 4.33. The second-order valence-electron chi connectivity index (χ2n) is 3.85. The van der Waals surface area contributed by atoms with Crippen LogP contribution in [-0.4, -0.2) is 30.8 Å². The SMILES string of the molecule is OC1CNCC1CNCc1cc(Br)cs1. The Morgan fingerprint density at radius 2 is 2.47 bits per heavy atom. The summed E-state index contributed by atoms with van der Waals surface area (Å²) >= 11 is 5.18. The predicted molar refractivity (Wildman–Crippen MR) is 66.1 cm³/mol. The second-order valence-corrected chi connectivity index (χ2v) is 5.76. The number of nitrogens with one attached hydrogen (secondary N) is 2. The van der Waals surface area contributed by atoms with Crippen molar-refractivity contribution in [1.29, 1.82) is 0 Å². The van der Waals surface area contributed by atoms with E-state index >= 15 is 0 Å². The molecule has 0 radical (unpaired) electrons. The van der Waals surface area contributed by atoms with Crippen molar-refractivity contribution in [2.75, 3.05) is 19.6 Å². The summed E-state index contributed by atoms with van der Waals surface area (Å²) in [4.78, 5) is 1.32. The van der Waals surface area contributed by atoms with Gasteiger partial charge in [0.25, 0.3) is 0 Å². The van der Waals surface area contributed by atoms with Crippen molar-refractivity contribution in [3.63, 3.8) is 0 Å². The first kappa shape index (κ1) is 11.5. The molecule has 1 aromatic heterocycles. The molecule has 2 atom stereocenters. The van der Waals surface area contributed by atoms with Gasteiger partial charge in [0.05, 0.1) is 6.10 Å². The van der Waals surface area contributed by atoms with Crippen LogP contribution in [0.1, 0.15) is 4.88 Å². The molecule has 3 N–H and O–H groups in total. The maximum absolute atomic E-state index is 9.58. The summed E-state index contributed by atoms with van der Waals surface area (Å²) in [6.45, 7) is 3.42. The van der Waals surface area contributed by atoms with Crippen LogP contribution in [0.4, 0.5) is 0 Å². The van der Waals surface area contributed by atoms with Crippen LogP contribution in [0.5, 0.6) is 0 Å². The van der Waals surface area contributed by atoms with Crippen LogP contribution < -0.4 is 10.6 Å². The first-order valence-corrected chi connectivity index (χ1v) is 6.75. The Morgan fingerprint density at radius 3 is 3.07 bits per heavy atom. The molecule has 3 nitrogen and oxygen atoms in total. The lowest BCUT2D eigenvalue weighted by atomic mass is 10.1. The van der Waals surface area contributed by atoms with Gasteiger partial charge < -0.3 is 15.7 Å². The van der Waals surface area contributed by atoms with E-state index in [1.165, 1.54) is 4.88 Å². The van der Waals surface area contributed by atoms with Gasteiger partial charge in [0.1, 0.15) is 0 Å². The Hall–Kier alpha value is 0.0600. The van der Waals surface area contributed by atoms with Crippen molar-refractivity contribution in [1.82, 2.24) is 10.6 Å². The molecule has 2 rings (SSSR count). The van der Waals surface area contributed by atoms with Gasteiger partial charge in [-0.05, 0) is 22.0 Å². The van der Waals surface area contributed by atoms with Crippen molar-refractivity contribution in [3.8, 4) is 0 Å². The van der Waals surface area contributed by atoms with Crippen LogP contribution in [0.2, 0.25) is 0 Å². The van der Waals surface area contributed by atoms with Crippen LogP contribution in [0.25, 0.3) is 0 Å². The van der Waals surface area contributed by atoms with Crippen molar-refractivity contribution in [2.45, 2.75) is 12.6 Å². The van der Waals surface area contributed by atoms with E-state index in [0.29, 0.717) is 5.92 Å². The number of rotatable bonds is 4. The largest absolute Gasteiger partial charge is 0.391 e. The number of hydrogen-bond donors (Lipinski definition) is 3. The van der Waals surface area contributed by atoms with Gasteiger partial charge in [-0.2, -0.15) is 0 Å². The molecule has 1 aliphatic rings. The fourth-order valence-electron chi connectivity index (χ4n) is 1.75. The topological polar surface area (TPSA) is 44.3 Å². The van der Waals surface area contributed by atoms with Crippen LogP contribution in [0, 0.1) is 5.92 Å². The van der Waals surface area contributed by atoms with Crippen LogP contribution >= 0.6 is 27.3 Å². The Kier molecular flexibility index (Phi) is 4.16. The summed E-state index contributed by atoms with van der Waals surface area (Å²) in [6.07, 6.45) is -0.187. The smallest absolute Gasteiger partial charge is 0.0716 e. The quantitative estimate of drug-likeness (QED) is 0.780. The third kappa shape index (κ3) is 3.26. The summed E-state index contributed by atoms with van der Waals surface area (Å²) in [7, 11) is 0. The molecule has 2 heterocycles. The van der Waals surface area contributed by atoms with Crippen LogP contribution in [0.3, 0.4) is 0 Å². The number of aliphatic hydroxyl groups is 1. The van der Waals surface area contributed by atoms with Gasteiger partial charge in [0.15, 0.2) is 0 Å². The van der Waals surface area contributed by atoms with E-state index < -0.39 is 0 Å². The highest BCUT2D eigenvalue weighted by Gasteiger charge is 2.23. The molecule has 0 amide bonds. The van der Waals surface area contributed by atoms with Crippen LogP contribution in [0.15, 0.2) is 15.9 Å². The fraction of sp³-hybridized carbons (Fsp3) is 0.600. The lowest BCUT2D eigenvalue weighted by molar-refractivity contribution is 0.146. The van der Waals surface area contributed by atoms with E-state index in [1.807, 2.05) is 0 Å². The Morgan fingerprint density at radius 1 is 1.60 bits per heavy atom. The highest BCUT2D eigenvalue weighted by Crippen LogP contribution is 2.19. The summed E-state index contributed by atoms with van der Waals surface area (Å²) < 4.78 is 1.15. The predicted octanol–water partition coefficient (Wildman–Crippen LogP) is 1.18. The maximum Gasteiger partial charge on any atom is 0.0716 e. The van der Waals surface area contributed by atoms with E-state index in [1.54, 1.807) is 11.3 Å². The maximum atomic E-state index is 9.58. The van der Waals surface area contributed by atoms with E-state index in [0.717, 1.165) is 30.7 Å². The Balaban J connectivity index is 1.70. The van der Waals surface area contributed by atoms with Gasteiger partial charge in [0, 0.05) is 46.8 Å². The highest BCUT2D eigenvalue weighted by molar-refractivity contribution is 9.10. The molecule has 0 saturated carbocycles. The highest BCUT2D eigenvalue weighted by atomic mass is 79.9. The molecule has 1 aromatic rings. The van der Waals surface area contributed by atoms with Crippen molar-refractivity contribution in [3.05, 3.63) is 20.8 Å². The van der Waals surface area contributed by atoms with Crippen molar-refractivity contribution in [2.24, 2.45) is 5.92 Å². The summed E-state index contributed by atoms with van der Waals surface area (Å²) in [5.74, 6) is 0.355. The fourth-order valence-corrected chi connectivity index (χ4v) is 3.18. The van der Waals surface area contributed by atoms with E-state index in [-0.39, 0.29) is 6.10 Å². The molecule has 0 aromatic carbocycles. The molecule has 0 spiro atoms. The molecule has 5 heteroatoms. The van der Waals surface area contributed by atoms with Crippen molar-refractivity contribution >= 4 is 27.3 Å². The van der Waals surface area contributed by atoms with Gasteiger partial charge in [-0.25, -0.2) is 0 Å². The average Bonchev–Trinajstić information content (AvgIpc) is 2.77. The lowest BCUT2D eigenvalue weighted by Gasteiger charge is -2.13. The number of halogens is 1. The molecule has 15 heavy (non-hydrogen) atoms.